The van der Waals surface area contributed by atoms with Crippen molar-refractivity contribution in [2.24, 2.45) is 17.1 Å². The topological polar surface area (TPSA) is 63.4 Å². The molecular formula is C12H22N2O2. The van der Waals surface area contributed by atoms with Crippen LogP contribution in [0.15, 0.2) is 0 Å². The lowest BCUT2D eigenvalue weighted by Crippen LogP contribution is -2.43. The van der Waals surface area contributed by atoms with E-state index in [4.69, 9.17) is 5.73 Å². The molecule has 0 aromatic rings. The molecule has 1 saturated heterocycles. The zero-order valence-electron chi connectivity index (χ0n) is 10.5. The van der Waals surface area contributed by atoms with Gasteiger partial charge in [0.2, 0.25) is 5.91 Å². The summed E-state index contributed by atoms with van der Waals surface area (Å²) in [6, 6.07) is 0. The second-order valence-electron chi connectivity index (χ2n) is 5.63. The van der Waals surface area contributed by atoms with E-state index in [9.17, 15) is 9.59 Å². The van der Waals surface area contributed by atoms with Gasteiger partial charge in [-0.05, 0) is 25.9 Å². The second-order valence-corrected chi connectivity index (χ2v) is 5.63. The van der Waals surface area contributed by atoms with Crippen molar-refractivity contribution in [3.8, 4) is 0 Å². The molecule has 92 valence electrons. The predicted octanol–water partition coefficient (Wildman–Crippen LogP) is 0.799. The number of hydrogen-bond donors (Lipinski definition) is 1. The van der Waals surface area contributed by atoms with Crippen molar-refractivity contribution in [2.45, 2.75) is 33.6 Å². The fourth-order valence-corrected chi connectivity index (χ4v) is 1.82. The van der Waals surface area contributed by atoms with E-state index in [1.54, 1.807) is 0 Å². The van der Waals surface area contributed by atoms with Gasteiger partial charge in [0.25, 0.3) is 0 Å². The monoisotopic (exact) mass is 226 g/mol. The summed E-state index contributed by atoms with van der Waals surface area (Å²) in [5.41, 5.74) is 4.98. The molecule has 0 radical (unpaired) electrons. The maximum atomic E-state index is 11.8. The Morgan fingerprint density at radius 1 is 1.25 bits per heavy atom. The van der Waals surface area contributed by atoms with Gasteiger partial charge in [-0.2, -0.15) is 0 Å². The summed E-state index contributed by atoms with van der Waals surface area (Å²) in [6.45, 7) is 7.91. The fraction of sp³-hybridized carbons (Fsp3) is 0.833. The van der Waals surface area contributed by atoms with Crippen LogP contribution in [0.4, 0.5) is 0 Å². The summed E-state index contributed by atoms with van der Waals surface area (Å²) in [5.74, 6) is 0.0489. The highest BCUT2D eigenvalue weighted by molar-refractivity contribution is 5.85. The van der Waals surface area contributed by atoms with Gasteiger partial charge < -0.3 is 5.73 Å². The first-order valence-electron chi connectivity index (χ1n) is 5.85. The highest BCUT2D eigenvalue weighted by Gasteiger charge is 2.27. The maximum absolute atomic E-state index is 11.8. The van der Waals surface area contributed by atoms with Gasteiger partial charge in [0.15, 0.2) is 5.78 Å². The number of likely N-dealkylation sites (tertiary alicyclic amines) is 1. The Hall–Kier alpha value is -0.900. The third-order valence-corrected chi connectivity index (χ3v) is 3.19. The third-order valence-electron chi connectivity index (χ3n) is 3.19. The zero-order chi connectivity index (χ0) is 12.3. The van der Waals surface area contributed by atoms with Gasteiger partial charge in [0.1, 0.15) is 0 Å². The van der Waals surface area contributed by atoms with E-state index >= 15 is 0 Å². The number of hydrogen-bond acceptors (Lipinski definition) is 3. The average molecular weight is 226 g/mol. The van der Waals surface area contributed by atoms with E-state index in [2.05, 4.69) is 4.90 Å². The van der Waals surface area contributed by atoms with Crippen LogP contribution in [0.2, 0.25) is 0 Å². The Kier molecular flexibility index (Phi) is 4.08. The first kappa shape index (κ1) is 13.2. The molecule has 1 heterocycles. The van der Waals surface area contributed by atoms with Crippen molar-refractivity contribution in [2.75, 3.05) is 19.6 Å². The average Bonchev–Trinajstić information content (AvgIpc) is 2.17. The smallest absolute Gasteiger partial charge is 0.220 e. The first-order valence-corrected chi connectivity index (χ1v) is 5.85. The first-order chi connectivity index (χ1) is 7.30. The molecule has 0 unspecified atom stereocenters. The van der Waals surface area contributed by atoms with Crippen LogP contribution in [0.1, 0.15) is 33.6 Å². The molecule has 0 bridgehead atoms. The molecule has 4 nitrogen and oxygen atoms in total. The van der Waals surface area contributed by atoms with Crippen LogP contribution in [0.25, 0.3) is 0 Å². The number of Topliss-reactive ketones (excluding diaryl/α,β-unsaturated/α-hetero) is 1. The zero-order valence-corrected chi connectivity index (χ0v) is 10.5. The Bertz CT molecular complexity index is 273. The Labute approximate surface area is 97.2 Å². The van der Waals surface area contributed by atoms with Gasteiger partial charge in [-0.3, -0.25) is 14.5 Å². The molecule has 0 aliphatic carbocycles. The maximum Gasteiger partial charge on any atom is 0.220 e. The van der Waals surface area contributed by atoms with Crippen molar-refractivity contribution < 1.29 is 9.59 Å². The highest BCUT2D eigenvalue weighted by Crippen LogP contribution is 2.19. The van der Waals surface area contributed by atoms with Gasteiger partial charge in [-0.15, -0.1) is 0 Å². The standard InChI is InChI=1S/C12H22N2O2/c1-12(2,3)10(15)8-14-6-4-9(5-7-14)11(13)16/h9H,4-8H2,1-3H3,(H2,13,16). The highest BCUT2D eigenvalue weighted by atomic mass is 16.1. The number of nitrogens with two attached hydrogens (primary N) is 1. The van der Waals surface area contributed by atoms with Crippen LogP contribution < -0.4 is 5.73 Å². The van der Waals surface area contributed by atoms with Crippen LogP contribution in [-0.4, -0.2) is 36.2 Å². The molecule has 4 heteroatoms. The number of ketones is 1. The molecule has 1 fully saturated rings. The van der Waals surface area contributed by atoms with E-state index < -0.39 is 0 Å². The number of amides is 1. The van der Waals surface area contributed by atoms with Crippen LogP contribution in [-0.2, 0) is 9.59 Å². The van der Waals surface area contributed by atoms with Crippen molar-refractivity contribution in [3.63, 3.8) is 0 Å². The van der Waals surface area contributed by atoms with Crippen molar-refractivity contribution >= 4 is 11.7 Å². The number of carbonyl (C=O) groups is 2. The van der Waals surface area contributed by atoms with Gasteiger partial charge in [0.05, 0.1) is 6.54 Å². The molecule has 0 aromatic carbocycles. The fourth-order valence-electron chi connectivity index (χ4n) is 1.82. The normalized spacial score (nSPS) is 19.7. The predicted molar refractivity (Wildman–Crippen MR) is 62.8 cm³/mol. The molecule has 0 atom stereocenters. The Morgan fingerprint density at radius 2 is 1.75 bits per heavy atom. The lowest BCUT2D eigenvalue weighted by atomic mass is 9.89. The molecule has 0 saturated carbocycles. The Balaban J connectivity index is 2.38. The molecule has 2 N–H and O–H groups in total. The van der Waals surface area contributed by atoms with Gasteiger partial charge in [-0.25, -0.2) is 0 Å². The summed E-state index contributed by atoms with van der Waals surface area (Å²) in [7, 11) is 0. The number of nitrogens with zero attached hydrogens (tertiary/aromatic N) is 1. The van der Waals surface area contributed by atoms with Crippen molar-refractivity contribution in [3.05, 3.63) is 0 Å². The molecule has 16 heavy (non-hydrogen) atoms. The van der Waals surface area contributed by atoms with Crippen molar-refractivity contribution in [1.29, 1.82) is 0 Å². The Morgan fingerprint density at radius 3 is 2.12 bits per heavy atom. The minimum atomic E-state index is -0.277. The summed E-state index contributed by atoms with van der Waals surface area (Å²) >= 11 is 0. The molecule has 0 aromatic heterocycles. The van der Waals surface area contributed by atoms with Crippen molar-refractivity contribution in [1.82, 2.24) is 4.90 Å². The van der Waals surface area contributed by atoms with E-state index in [1.807, 2.05) is 20.8 Å². The minimum absolute atomic E-state index is 0.000916. The van der Waals surface area contributed by atoms with E-state index in [1.165, 1.54) is 0 Å². The largest absolute Gasteiger partial charge is 0.369 e. The van der Waals surface area contributed by atoms with E-state index in [-0.39, 0.29) is 23.0 Å². The minimum Gasteiger partial charge on any atom is -0.369 e. The third kappa shape index (κ3) is 3.59. The number of piperidine rings is 1. The molecule has 1 aliphatic heterocycles. The lowest BCUT2D eigenvalue weighted by molar-refractivity contribution is -0.128. The van der Waals surface area contributed by atoms with Gasteiger partial charge in [-0.1, -0.05) is 20.8 Å². The summed E-state index contributed by atoms with van der Waals surface area (Å²) in [4.78, 5) is 24.9. The van der Waals surface area contributed by atoms with Gasteiger partial charge in [0, 0.05) is 11.3 Å². The lowest BCUT2D eigenvalue weighted by Gasteiger charge is -2.31. The van der Waals surface area contributed by atoms with Crippen LogP contribution in [0.3, 0.4) is 0 Å². The molecule has 1 aliphatic rings. The number of carbonyl (C=O) groups excluding carboxylic acids is 2. The summed E-state index contributed by atoms with van der Waals surface area (Å²) < 4.78 is 0. The van der Waals surface area contributed by atoms with E-state index in [0.29, 0.717) is 6.54 Å². The number of rotatable bonds is 3. The van der Waals surface area contributed by atoms with Crippen LogP contribution >= 0.6 is 0 Å². The second kappa shape index (κ2) is 4.95. The van der Waals surface area contributed by atoms with Crippen LogP contribution in [0, 0.1) is 11.3 Å². The number of primary amides is 1. The summed E-state index contributed by atoms with van der Waals surface area (Å²) in [6.07, 6.45) is 1.57. The molecular weight excluding hydrogens is 204 g/mol. The molecule has 1 rings (SSSR count). The molecule has 0 spiro atoms. The van der Waals surface area contributed by atoms with Gasteiger partial charge >= 0.3 is 0 Å². The summed E-state index contributed by atoms with van der Waals surface area (Å²) in [5, 5.41) is 0. The molecule has 1 amide bonds. The van der Waals surface area contributed by atoms with Crippen LogP contribution in [0.5, 0.6) is 0 Å². The van der Waals surface area contributed by atoms with E-state index in [0.717, 1.165) is 25.9 Å². The SMILES string of the molecule is CC(C)(C)C(=O)CN1CCC(C(N)=O)CC1. The quantitative estimate of drug-likeness (QED) is 0.774.